The molecule has 1 heterocycles. The second-order valence-corrected chi connectivity index (χ2v) is 6.80. The van der Waals surface area contributed by atoms with Crippen molar-refractivity contribution in [2.45, 2.75) is 44.7 Å². The molecule has 132 valence electrons. The van der Waals surface area contributed by atoms with Crippen LogP contribution in [-0.2, 0) is 16.1 Å². The Morgan fingerprint density at radius 1 is 1.36 bits per heavy atom. The smallest absolute Gasteiger partial charge is 0.308 e. The normalized spacial score (nSPS) is 23.3. The maximum absolute atomic E-state index is 12.4. The minimum absolute atomic E-state index is 0.231. The summed E-state index contributed by atoms with van der Waals surface area (Å²) in [6.45, 7) is 1.53. The first kappa shape index (κ1) is 17.1. The van der Waals surface area contributed by atoms with E-state index in [1.807, 2.05) is 6.07 Å². The first-order valence-corrected chi connectivity index (χ1v) is 8.39. The van der Waals surface area contributed by atoms with Gasteiger partial charge in [-0.25, -0.2) is 4.68 Å². The number of benzene rings is 1. The van der Waals surface area contributed by atoms with Crippen molar-refractivity contribution in [3.63, 3.8) is 0 Å². The second-order valence-electron chi connectivity index (χ2n) is 6.80. The lowest BCUT2D eigenvalue weighted by molar-refractivity contribution is -0.146. The van der Waals surface area contributed by atoms with Crippen molar-refractivity contribution < 1.29 is 14.7 Å². The number of carbonyl (C=O) groups is 2. The highest BCUT2D eigenvalue weighted by molar-refractivity contribution is 5.82. The zero-order valence-corrected chi connectivity index (χ0v) is 14.1. The number of nitrogens with zero attached hydrogens (tertiary/aromatic N) is 2. The number of amides is 1. The predicted octanol–water partition coefficient (Wildman–Crippen LogP) is 1.55. The molecule has 1 saturated carbocycles. The maximum atomic E-state index is 12.4. The average Bonchev–Trinajstić information content (AvgIpc) is 2.57. The highest BCUT2D eigenvalue weighted by Gasteiger charge is 2.42. The molecule has 1 aliphatic carbocycles. The number of fused-ring (bicyclic) bond motifs is 1. The quantitative estimate of drug-likeness (QED) is 0.877. The van der Waals surface area contributed by atoms with Crippen LogP contribution < -0.4 is 10.9 Å². The average molecular weight is 343 g/mol. The molecule has 0 bridgehead atoms. The number of aliphatic carboxylic acids is 1. The summed E-state index contributed by atoms with van der Waals surface area (Å²) in [5.74, 6) is -1.92. The minimum Gasteiger partial charge on any atom is -0.481 e. The summed E-state index contributed by atoms with van der Waals surface area (Å²) in [6.07, 6.45) is 4.41. The number of aromatic nitrogens is 2. The fourth-order valence-corrected chi connectivity index (χ4v) is 3.61. The third-order valence-corrected chi connectivity index (χ3v) is 4.99. The molecular formula is C18H21N3O4. The molecule has 1 aliphatic rings. The maximum Gasteiger partial charge on any atom is 0.308 e. The van der Waals surface area contributed by atoms with E-state index < -0.39 is 23.3 Å². The minimum atomic E-state index is -0.900. The second kappa shape index (κ2) is 6.66. The van der Waals surface area contributed by atoms with Crippen molar-refractivity contribution in [3.05, 3.63) is 40.8 Å². The summed E-state index contributed by atoms with van der Waals surface area (Å²) in [4.78, 5) is 36.4. The summed E-state index contributed by atoms with van der Waals surface area (Å²) < 4.78 is 1.11. The molecule has 1 fully saturated rings. The van der Waals surface area contributed by atoms with Gasteiger partial charge >= 0.3 is 5.97 Å². The van der Waals surface area contributed by atoms with Crippen molar-refractivity contribution in [2.75, 3.05) is 0 Å². The Labute approximate surface area is 144 Å². The molecule has 1 amide bonds. The van der Waals surface area contributed by atoms with E-state index in [-0.39, 0.29) is 12.1 Å². The summed E-state index contributed by atoms with van der Waals surface area (Å²) in [5.41, 5.74) is -1.14. The zero-order valence-electron chi connectivity index (χ0n) is 14.1. The van der Waals surface area contributed by atoms with Crippen molar-refractivity contribution in [2.24, 2.45) is 5.92 Å². The van der Waals surface area contributed by atoms with Crippen molar-refractivity contribution in [1.29, 1.82) is 0 Å². The van der Waals surface area contributed by atoms with Crippen LogP contribution in [-0.4, -0.2) is 32.3 Å². The Kier molecular flexibility index (Phi) is 4.57. The number of hydrogen-bond acceptors (Lipinski definition) is 4. The fraction of sp³-hybridized carbons (Fsp3) is 0.444. The van der Waals surface area contributed by atoms with Crippen LogP contribution in [0, 0.1) is 5.92 Å². The third kappa shape index (κ3) is 3.40. The Morgan fingerprint density at radius 3 is 2.88 bits per heavy atom. The standard InChI is InChI=1S/C18H21N3O4/c1-18(9-5-4-8-14(18)17(24)25)20-15(22)11-21-16(23)13-7-3-2-6-12(13)10-19-21/h2-3,6-7,10,14H,4-5,8-9,11H2,1H3,(H,20,22)(H,24,25)/t14-,18+/m0/s1. The molecule has 7 nitrogen and oxygen atoms in total. The lowest BCUT2D eigenvalue weighted by Crippen LogP contribution is -2.56. The molecule has 0 aliphatic heterocycles. The van der Waals surface area contributed by atoms with Crippen LogP contribution >= 0.6 is 0 Å². The van der Waals surface area contributed by atoms with E-state index in [2.05, 4.69) is 10.4 Å². The summed E-state index contributed by atoms with van der Waals surface area (Å²) in [6, 6.07) is 7.05. The van der Waals surface area contributed by atoms with E-state index in [0.29, 0.717) is 23.6 Å². The van der Waals surface area contributed by atoms with Gasteiger partial charge in [-0.3, -0.25) is 14.4 Å². The number of hydrogen-bond donors (Lipinski definition) is 2. The fourth-order valence-electron chi connectivity index (χ4n) is 3.61. The van der Waals surface area contributed by atoms with Gasteiger partial charge in [-0.05, 0) is 25.8 Å². The summed E-state index contributed by atoms with van der Waals surface area (Å²) in [5, 5.41) is 17.5. The number of carbonyl (C=O) groups excluding carboxylic acids is 1. The Hall–Kier alpha value is -2.70. The van der Waals surface area contributed by atoms with Gasteiger partial charge < -0.3 is 10.4 Å². The summed E-state index contributed by atoms with van der Waals surface area (Å²) >= 11 is 0. The van der Waals surface area contributed by atoms with E-state index in [0.717, 1.165) is 17.5 Å². The van der Waals surface area contributed by atoms with Crippen LogP contribution in [0.4, 0.5) is 0 Å². The van der Waals surface area contributed by atoms with Crippen LogP contribution in [0.2, 0.25) is 0 Å². The Bertz CT molecular complexity index is 876. The van der Waals surface area contributed by atoms with Crippen LogP contribution in [0.15, 0.2) is 35.3 Å². The lowest BCUT2D eigenvalue weighted by Gasteiger charge is -2.39. The van der Waals surface area contributed by atoms with Gasteiger partial charge in [0.1, 0.15) is 6.54 Å². The van der Waals surface area contributed by atoms with Gasteiger partial charge in [0.15, 0.2) is 0 Å². The van der Waals surface area contributed by atoms with E-state index >= 15 is 0 Å². The van der Waals surface area contributed by atoms with Crippen molar-refractivity contribution in [1.82, 2.24) is 15.1 Å². The van der Waals surface area contributed by atoms with Crippen LogP contribution in [0.5, 0.6) is 0 Å². The molecule has 0 spiro atoms. The molecule has 2 aromatic rings. The highest BCUT2D eigenvalue weighted by Crippen LogP contribution is 2.33. The van der Waals surface area contributed by atoms with Crippen molar-refractivity contribution >= 4 is 22.6 Å². The molecule has 3 rings (SSSR count). The topological polar surface area (TPSA) is 101 Å². The first-order valence-electron chi connectivity index (χ1n) is 8.39. The first-order chi connectivity index (χ1) is 11.9. The molecule has 0 unspecified atom stereocenters. The molecule has 0 radical (unpaired) electrons. The zero-order chi connectivity index (χ0) is 18.0. The molecule has 0 saturated heterocycles. The molecule has 25 heavy (non-hydrogen) atoms. The largest absolute Gasteiger partial charge is 0.481 e. The van der Waals surface area contributed by atoms with Crippen LogP contribution in [0.1, 0.15) is 32.6 Å². The Balaban J connectivity index is 1.79. The number of nitrogens with one attached hydrogen (secondary N) is 1. The molecule has 1 aromatic heterocycles. The lowest BCUT2D eigenvalue weighted by atomic mass is 9.74. The van der Waals surface area contributed by atoms with Gasteiger partial charge in [0.05, 0.1) is 23.0 Å². The van der Waals surface area contributed by atoms with Gasteiger partial charge in [0.2, 0.25) is 5.91 Å². The molecule has 7 heteroatoms. The van der Waals surface area contributed by atoms with Gasteiger partial charge in [-0.1, -0.05) is 31.0 Å². The van der Waals surface area contributed by atoms with Crippen LogP contribution in [0.25, 0.3) is 10.8 Å². The van der Waals surface area contributed by atoms with Crippen molar-refractivity contribution in [3.8, 4) is 0 Å². The SMILES string of the molecule is C[C@@]1(NC(=O)Cn2ncc3ccccc3c2=O)CCCC[C@H]1C(=O)O. The van der Waals surface area contributed by atoms with E-state index in [1.165, 1.54) is 0 Å². The number of rotatable bonds is 4. The van der Waals surface area contributed by atoms with Gasteiger partial charge in [0, 0.05) is 5.39 Å². The van der Waals surface area contributed by atoms with Gasteiger partial charge in [-0.2, -0.15) is 5.10 Å². The number of carboxylic acids is 1. The highest BCUT2D eigenvalue weighted by atomic mass is 16.4. The third-order valence-electron chi connectivity index (χ3n) is 4.99. The molecule has 2 atom stereocenters. The van der Waals surface area contributed by atoms with E-state index in [4.69, 9.17) is 0 Å². The predicted molar refractivity (Wildman–Crippen MR) is 92.1 cm³/mol. The van der Waals surface area contributed by atoms with Gasteiger partial charge in [-0.15, -0.1) is 0 Å². The summed E-state index contributed by atoms with van der Waals surface area (Å²) in [7, 11) is 0. The van der Waals surface area contributed by atoms with E-state index in [9.17, 15) is 19.5 Å². The van der Waals surface area contributed by atoms with E-state index in [1.54, 1.807) is 31.3 Å². The monoisotopic (exact) mass is 343 g/mol. The Morgan fingerprint density at radius 2 is 2.12 bits per heavy atom. The van der Waals surface area contributed by atoms with Gasteiger partial charge in [0.25, 0.3) is 5.56 Å². The van der Waals surface area contributed by atoms with Crippen LogP contribution in [0.3, 0.4) is 0 Å². The number of carboxylic acid groups (broad SMARTS) is 1. The molecular weight excluding hydrogens is 322 g/mol. The molecule has 1 aromatic carbocycles. The molecule has 2 N–H and O–H groups in total.